The van der Waals surface area contributed by atoms with Crippen molar-refractivity contribution in [2.45, 2.75) is 26.8 Å². The number of carbonyl (C=O) groups excluding carboxylic acids is 1. The van der Waals surface area contributed by atoms with Crippen molar-refractivity contribution in [1.29, 1.82) is 0 Å². The molecule has 6 nitrogen and oxygen atoms in total. The van der Waals surface area contributed by atoms with E-state index in [-0.39, 0.29) is 17.7 Å². The van der Waals surface area contributed by atoms with Gasteiger partial charge in [0.1, 0.15) is 5.82 Å². The molecule has 0 aliphatic rings. The monoisotopic (exact) mass is 339 g/mol. The first kappa shape index (κ1) is 16.8. The Kier molecular flexibility index (Phi) is 4.83. The van der Waals surface area contributed by atoms with Gasteiger partial charge in [-0.15, -0.1) is 0 Å². The Morgan fingerprint density at radius 3 is 2.64 bits per heavy atom. The number of aryl methyl sites for hydroxylation is 1. The molecule has 0 unspecified atom stereocenters. The molecule has 0 spiro atoms. The highest BCUT2D eigenvalue weighted by Gasteiger charge is 2.17. The van der Waals surface area contributed by atoms with Crippen LogP contribution >= 0.6 is 0 Å². The van der Waals surface area contributed by atoms with Gasteiger partial charge in [-0.3, -0.25) is 10.1 Å². The maximum Gasteiger partial charge on any atom is 0.229 e. The Labute approximate surface area is 144 Å². The third-order valence-electron chi connectivity index (χ3n) is 3.61. The van der Waals surface area contributed by atoms with Crippen molar-refractivity contribution in [3.05, 3.63) is 48.7 Å². The summed E-state index contributed by atoms with van der Waals surface area (Å²) in [5, 5.41) is 2.58. The van der Waals surface area contributed by atoms with E-state index in [0.717, 1.165) is 24.2 Å². The van der Waals surface area contributed by atoms with E-state index in [1.54, 1.807) is 30.7 Å². The highest BCUT2D eigenvalue weighted by atomic mass is 19.1. The molecule has 1 N–H and O–H groups in total. The lowest BCUT2D eigenvalue weighted by Gasteiger charge is -2.10. The van der Waals surface area contributed by atoms with Gasteiger partial charge >= 0.3 is 0 Å². The summed E-state index contributed by atoms with van der Waals surface area (Å²) >= 11 is 0. The van der Waals surface area contributed by atoms with Crippen molar-refractivity contribution in [3.8, 4) is 22.6 Å². The fourth-order valence-corrected chi connectivity index (χ4v) is 2.59. The van der Waals surface area contributed by atoms with Crippen molar-refractivity contribution in [2.75, 3.05) is 5.32 Å². The fourth-order valence-electron chi connectivity index (χ4n) is 2.59. The standard InChI is InChI=1S/C18H18FN5O/c1-3-10-24-11-21-16(13-4-6-14(19)7-5-13)17(24)15-8-9-20-18(23-15)22-12(2)25/h4-9,11H,3,10H2,1-2H3,(H,20,22,23,25). The molecule has 2 aromatic heterocycles. The Morgan fingerprint density at radius 2 is 1.96 bits per heavy atom. The summed E-state index contributed by atoms with van der Waals surface area (Å²) in [7, 11) is 0. The van der Waals surface area contributed by atoms with Crippen LogP contribution in [0.5, 0.6) is 0 Å². The minimum absolute atomic E-state index is 0.235. The number of rotatable bonds is 5. The molecule has 0 atom stereocenters. The molecule has 0 saturated carbocycles. The molecule has 1 amide bonds. The summed E-state index contributed by atoms with van der Waals surface area (Å²) in [4.78, 5) is 24.2. The molecule has 0 aliphatic carbocycles. The number of nitrogens with zero attached hydrogens (tertiary/aromatic N) is 4. The first-order valence-electron chi connectivity index (χ1n) is 8.00. The number of aromatic nitrogens is 4. The third kappa shape index (κ3) is 3.71. The van der Waals surface area contributed by atoms with Crippen LogP contribution in [0.15, 0.2) is 42.9 Å². The maximum absolute atomic E-state index is 13.2. The summed E-state index contributed by atoms with van der Waals surface area (Å²) in [5.41, 5.74) is 2.96. The van der Waals surface area contributed by atoms with Gasteiger partial charge in [-0.25, -0.2) is 19.3 Å². The smallest absolute Gasteiger partial charge is 0.229 e. The Bertz CT molecular complexity index is 889. The number of anilines is 1. The van der Waals surface area contributed by atoms with Gasteiger partial charge in [0.05, 0.1) is 23.4 Å². The lowest BCUT2D eigenvalue weighted by Crippen LogP contribution is -2.10. The average Bonchev–Trinajstić information content (AvgIpc) is 2.99. The number of hydrogen-bond acceptors (Lipinski definition) is 4. The molecule has 0 bridgehead atoms. The lowest BCUT2D eigenvalue weighted by molar-refractivity contribution is -0.114. The summed E-state index contributed by atoms with van der Waals surface area (Å²) in [5.74, 6) is -0.300. The minimum Gasteiger partial charge on any atom is -0.329 e. The first-order chi connectivity index (χ1) is 12.1. The second kappa shape index (κ2) is 7.21. The van der Waals surface area contributed by atoms with E-state index in [1.807, 2.05) is 4.57 Å². The number of halogens is 1. The number of nitrogens with one attached hydrogen (secondary N) is 1. The van der Waals surface area contributed by atoms with Crippen LogP contribution in [0.1, 0.15) is 20.3 Å². The molecule has 2 heterocycles. The molecule has 1 aromatic carbocycles. The molecule has 128 valence electrons. The Hall–Kier alpha value is -3.09. The van der Waals surface area contributed by atoms with Gasteiger partial charge in [0.2, 0.25) is 11.9 Å². The molecule has 0 saturated heterocycles. The van der Waals surface area contributed by atoms with E-state index in [2.05, 4.69) is 27.2 Å². The van der Waals surface area contributed by atoms with Gasteiger partial charge in [0, 0.05) is 25.2 Å². The van der Waals surface area contributed by atoms with E-state index in [4.69, 9.17) is 0 Å². The van der Waals surface area contributed by atoms with E-state index in [9.17, 15) is 9.18 Å². The molecule has 3 rings (SSSR count). The van der Waals surface area contributed by atoms with Crippen molar-refractivity contribution >= 4 is 11.9 Å². The zero-order chi connectivity index (χ0) is 17.8. The molecule has 0 aliphatic heterocycles. The van der Waals surface area contributed by atoms with Crippen LogP contribution in [-0.2, 0) is 11.3 Å². The summed E-state index contributed by atoms with van der Waals surface area (Å²) < 4.78 is 15.2. The van der Waals surface area contributed by atoms with Gasteiger partial charge in [0.25, 0.3) is 0 Å². The largest absolute Gasteiger partial charge is 0.329 e. The van der Waals surface area contributed by atoms with Gasteiger partial charge in [0.15, 0.2) is 0 Å². The fraction of sp³-hybridized carbons (Fsp3) is 0.222. The minimum atomic E-state index is -0.298. The highest BCUT2D eigenvalue weighted by Crippen LogP contribution is 2.30. The van der Waals surface area contributed by atoms with Crippen LogP contribution in [0, 0.1) is 5.82 Å². The van der Waals surface area contributed by atoms with E-state index in [0.29, 0.717) is 11.4 Å². The zero-order valence-electron chi connectivity index (χ0n) is 14.0. The molecule has 0 radical (unpaired) electrons. The normalized spacial score (nSPS) is 10.7. The average molecular weight is 339 g/mol. The molecular formula is C18H18FN5O. The second-order valence-corrected chi connectivity index (χ2v) is 5.59. The zero-order valence-corrected chi connectivity index (χ0v) is 14.0. The molecule has 3 aromatic rings. The predicted molar refractivity (Wildman–Crippen MR) is 93.2 cm³/mol. The van der Waals surface area contributed by atoms with Gasteiger partial charge < -0.3 is 4.57 Å². The summed E-state index contributed by atoms with van der Waals surface area (Å²) in [6, 6.07) is 7.95. The first-order valence-corrected chi connectivity index (χ1v) is 8.00. The topological polar surface area (TPSA) is 72.7 Å². The Morgan fingerprint density at radius 1 is 1.20 bits per heavy atom. The van der Waals surface area contributed by atoms with Crippen LogP contribution in [-0.4, -0.2) is 25.4 Å². The number of carbonyl (C=O) groups is 1. The van der Waals surface area contributed by atoms with Crippen LogP contribution in [0.3, 0.4) is 0 Å². The Balaban J connectivity index is 2.11. The number of benzene rings is 1. The van der Waals surface area contributed by atoms with Crippen LogP contribution < -0.4 is 5.32 Å². The quantitative estimate of drug-likeness (QED) is 0.772. The van der Waals surface area contributed by atoms with E-state index >= 15 is 0 Å². The van der Waals surface area contributed by atoms with Crippen LogP contribution in [0.4, 0.5) is 10.3 Å². The molecule has 0 fully saturated rings. The van der Waals surface area contributed by atoms with Crippen LogP contribution in [0.2, 0.25) is 0 Å². The molecule has 7 heteroatoms. The second-order valence-electron chi connectivity index (χ2n) is 5.59. The third-order valence-corrected chi connectivity index (χ3v) is 3.61. The number of hydrogen-bond donors (Lipinski definition) is 1. The lowest BCUT2D eigenvalue weighted by atomic mass is 10.1. The SMILES string of the molecule is CCCn1cnc(-c2ccc(F)cc2)c1-c1ccnc(NC(C)=O)n1. The highest BCUT2D eigenvalue weighted by molar-refractivity contribution is 5.87. The van der Waals surface area contributed by atoms with E-state index < -0.39 is 0 Å². The van der Waals surface area contributed by atoms with Crippen molar-refractivity contribution in [2.24, 2.45) is 0 Å². The molecule has 25 heavy (non-hydrogen) atoms. The number of imidazole rings is 1. The van der Waals surface area contributed by atoms with Crippen molar-refractivity contribution in [1.82, 2.24) is 19.5 Å². The van der Waals surface area contributed by atoms with Gasteiger partial charge in [-0.05, 0) is 36.8 Å². The van der Waals surface area contributed by atoms with Gasteiger partial charge in [-0.2, -0.15) is 0 Å². The van der Waals surface area contributed by atoms with Crippen molar-refractivity contribution in [3.63, 3.8) is 0 Å². The summed E-state index contributed by atoms with van der Waals surface area (Å²) in [6.45, 7) is 4.24. The predicted octanol–water partition coefficient (Wildman–Crippen LogP) is 3.51. The van der Waals surface area contributed by atoms with E-state index in [1.165, 1.54) is 19.1 Å². The van der Waals surface area contributed by atoms with Crippen LogP contribution in [0.25, 0.3) is 22.6 Å². The maximum atomic E-state index is 13.2. The van der Waals surface area contributed by atoms with Gasteiger partial charge in [-0.1, -0.05) is 6.92 Å². The van der Waals surface area contributed by atoms with Crippen molar-refractivity contribution < 1.29 is 9.18 Å². The number of amides is 1. The molecular weight excluding hydrogens is 321 g/mol. The summed E-state index contributed by atoms with van der Waals surface area (Å²) in [6.07, 6.45) is 4.26.